The topological polar surface area (TPSA) is 106 Å². The molecule has 1 aromatic carbocycles. The molecule has 1 aliphatic rings. The average Bonchev–Trinajstić information content (AvgIpc) is 3.28. The first kappa shape index (κ1) is 20.2. The molecule has 0 spiro atoms. The van der Waals surface area contributed by atoms with Crippen molar-refractivity contribution in [2.45, 2.75) is 25.9 Å². The van der Waals surface area contributed by atoms with Gasteiger partial charge in [0.1, 0.15) is 17.0 Å². The van der Waals surface area contributed by atoms with E-state index in [2.05, 4.69) is 25.9 Å². The number of hydrogen-bond donors (Lipinski definition) is 3. The molecule has 9 nitrogen and oxygen atoms in total. The third-order valence-corrected chi connectivity index (χ3v) is 5.74. The number of nitrogens with zero attached hydrogens (tertiary/aromatic N) is 4. The molecule has 0 radical (unpaired) electrons. The molecule has 0 aliphatic carbocycles. The van der Waals surface area contributed by atoms with Crippen LogP contribution in [-0.4, -0.2) is 51.1 Å². The molecular weight excluding hydrogens is 406 g/mol. The van der Waals surface area contributed by atoms with Crippen LogP contribution in [0.4, 0.5) is 5.95 Å². The lowest BCUT2D eigenvalue weighted by Gasteiger charge is -2.10. The molecule has 3 N–H and O–H groups in total. The number of aryl methyl sites for hydroxylation is 2. The quantitative estimate of drug-likeness (QED) is 0.407. The molecule has 1 aliphatic heterocycles. The van der Waals surface area contributed by atoms with Gasteiger partial charge >= 0.3 is 0 Å². The maximum Gasteiger partial charge on any atom is 0.276 e. The smallest absolute Gasteiger partial charge is 0.276 e. The van der Waals surface area contributed by atoms with Crippen molar-refractivity contribution in [3.8, 4) is 0 Å². The van der Waals surface area contributed by atoms with E-state index >= 15 is 0 Å². The van der Waals surface area contributed by atoms with Crippen LogP contribution < -0.4 is 16.0 Å². The van der Waals surface area contributed by atoms with Crippen LogP contribution in [0.5, 0.6) is 0 Å². The van der Waals surface area contributed by atoms with Crippen LogP contribution in [0.15, 0.2) is 42.5 Å². The van der Waals surface area contributed by atoms with E-state index in [1.807, 2.05) is 52.6 Å². The van der Waals surface area contributed by atoms with Gasteiger partial charge in [-0.3, -0.25) is 14.9 Å². The number of para-hydroxylation sites is 2. The normalized spacial score (nSPS) is 13.7. The lowest BCUT2D eigenvalue weighted by Crippen LogP contribution is -2.22. The Morgan fingerprint density at radius 2 is 2.06 bits per heavy atom. The SMILES string of the molecule is CNCCCn1c(NC(=O)c2ccc3cc4n(c3n2)CCCNC4=O)nc2ccccc21. The summed E-state index contributed by atoms with van der Waals surface area (Å²) in [6.45, 7) is 2.90. The molecule has 32 heavy (non-hydrogen) atoms. The number of anilines is 1. The largest absolute Gasteiger partial charge is 0.351 e. The number of nitrogens with one attached hydrogen (secondary N) is 3. The Kier molecular flexibility index (Phi) is 5.32. The highest BCUT2D eigenvalue weighted by atomic mass is 16.2. The van der Waals surface area contributed by atoms with Crippen molar-refractivity contribution in [1.82, 2.24) is 29.7 Å². The van der Waals surface area contributed by atoms with E-state index in [0.29, 0.717) is 30.4 Å². The predicted octanol–water partition coefficient (Wildman–Crippen LogP) is 2.38. The molecule has 0 saturated heterocycles. The zero-order chi connectivity index (χ0) is 22.1. The van der Waals surface area contributed by atoms with E-state index < -0.39 is 0 Å². The van der Waals surface area contributed by atoms with E-state index in [-0.39, 0.29) is 17.5 Å². The van der Waals surface area contributed by atoms with Gasteiger partial charge in [-0.25, -0.2) is 9.97 Å². The fraction of sp³-hybridized carbons (Fsp3) is 0.304. The predicted molar refractivity (Wildman–Crippen MR) is 123 cm³/mol. The van der Waals surface area contributed by atoms with Gasteiger partial charge in [-0.2, -0.15) is 0 Å². The molecule has 0 unspecified atom stereocenters. The molecule has 0 bridgehead atoms. The van der Waals surface area contributed by atoms with E-state index in [1.165, 1.54) is 0 Å². The van der Waals surface area contributed by atoms with E-state index in [4.69, 9.17) is 0 Å². The molecular formula is C23H25N7O2. The number of carbonyl (C=O) groups excluding carboxylic acids is 2. The van der Waals surface area contributed by atoms with Gasteiger partial charge in [-0.15, -0.1) is 0 Å². The number of carbonyl (C=O) groups is 2. The van der Waals surface area contributed by atoms with Gasteiger partial charge < -0.3 is 19.8 Å². The Morgan fingerprint density at radius 1 is 1.19 bits per heavy atom. The molecule has 4 aromatic rings. The van der Waals surface area contributed by atoms with Crippen molar-refractivity contribution in [2.24, 2.45) is 0 Å². The van der Waals surface area contributed by atoms with Crippen LogP contribution >= 0.6 is 0 Å². The number of benzene rings is 1. The first-order valence-electron chi connectivity index (χ1n) is 10.9. The first-order valence-corrected chi connectivity index (χ1v) is 10.9. The van der Waals surface area contributed by atoms with Crippen LogP contribution in [0, 0.1) is 0 Å². The molecule has 4 heterocycles. The van der Waals surface area contributed by atoms with E-state index in [9.17, 15) is 9.59 Å². The lowest BCUT2D eigenvalue weighted by molar-refractivity contribution is 0.0950. The Bertz CT molecular complexity index is 1320. The highest BCUT2D eigenvalue weighted by molar-refractivity contribution is 6.04. The van der Waals surface area contributed by atoms with Crippen molar-refractivity contribution in [3.05, 3.63) is 53.9 Å². The van der Waals surface area contributed by atoms with Gasteiger partial charge in [0.05, 0.1) is 11.0 Å². The van der Waals surface area contributed by atoms with Crippen LogP contribution in [0.1, 0.15) is 33.8 Å². The molecule has 2 amide bonds. The summed E-state index contributed by atoms with van der Waals surface area (Å²) in [7, 11) is 1.92. The fourth-order valence-electron chi connectivity index (χ4n) is 4.17. The fourth-order valence-corrected chi connectivity index (χ4v) is 4.17. The second-order valence-corrected chi connectivity index (χ2v) is 7.89. The molecule has 164 valence electrons. The minimum absolute atomic E-state index is 0.109. The second kappa shape index (κ2) is 8.43. The third-order valence-electron chi connectivity index (χ3n) is 5.74. The Morgan fingerprint density at radius 3 is 2.94 bits per heavy atom. The number of hydrogen-bond acceptors (Lipinski definition) is 5. The van der Waals surface area contributed by atoms with Crippen LogP contribution in [0.3, 0.4) is 0 Å². The van der Waals surface area contributed by atoms with Crippen LogP contribution in [0.2, 0.25) is 0 Å². The Hall–Kier alpha value is -3.72. The Labute approximate surface area is 184 Å². The maximum absolute atomic E-state index is 13.1. The first-order chi connectivity index (χ1) is 15.7. The van der Waals surface area contributed by atoms with Crippen molar-refractivity contribution < 1.29 is 9.59 Å². The molecule has 0 atom stereocenters. The van der Waals surface area contributed by atoms with Crippen LogP contribution in [-0.2, 0) is 13.1 Å². The number of amides is 2. The van der Waals surface area contributed by atoms with Crippen molar-refractivity contribution in [1.29, 1.82) is 0 Å². The molecule has 3 aromatic heterocycles. The summed E-state index contributed by atoms with van der Waals surface area (Å²) in [6.07, 6.45) is 1.72. The van der Waals surface area contributed by atoms with Gasteiger partial charge in [-0.1, -0.05) is 12.1 Å². The van der Waals surface area contributed by atoms with Gasteiger partial charge in [0.2, 0.25) is 5.95 Å². The zero-order valence-corrected chi connectivity index (χ0v) is 17.9. The summed E-state index contributed by atoms with van der Waals surface area (Å²) in [5.74, 6) is 0.0649. The summed E-state index contributed by atoms with van der Waals surface area (Å²) in [4.78, 5) is 34.7. The average molecular weight is 432 g/mol. The van der Waals surface area contributed by atoms with Gasteiger partial charge in [0.15, 0.2) is 0 Å². The number of aromatic nitrogens is 4. The zero-order valence-electron chi connectivity index (χ0n) is 17.9. The van der Waals surface area contributed by atoms with Crippen molar-refractivity contribution in [2.75, 3.05) is 25.5 Å². The van der Waals surface area contributed by atoms with Crippen molar-refractivity contribution >= 4 is 39.8 Å². The minimum atomic E-state index is -0.328. The maximum atomic E-state index is 13.1. The van der Waals surface area contributed by atoms with E-state index in [0.717, 1.165) is 42.4 Å². The summed E-state index contributed by atoms with van der Waals surface area (Å²) in [5, 5.41) is 9.82. The minimum Gasteiger partial charge on any atom is -0.351 e. The molecule has 5 rings (SSSR count). The highest BCUT2D eigenvalue weighted by Crippen LogP contribution is 2.23. The molecule has 0 fully saturated rings. The van der Waals surface area contributed by atoms with Crippen molar-refractivity contribution in [3.63, 3.8) is 0 Å². The highest BCUT2D eigenvalue weighted by Gasteiger charge is 2.21. The third kappa shape index (κ3) is 3.60. The monoisotopic (exact) mass is 431 g/mol. The number of pyridine rings is 1. The van der Waals surface area contributed by atoms with Gasteiger partial charge in [0.25, 0.3) is 11.8 Å². The summed E-state index contributed by atoms with van der Waals surface area (Å²) in [5.41, 5.74) is 3.32. The summed E-state index contributed by atoms with van der Waals surface area (Å²) >= 11 is 0. The lowest BCUT2D eigenvalue weighted by atomic mass is 10.2. The number of fused-ring (bicyclic) bond motifs is 4. The van der Waals surface area contributed by atoms with Gasteiger partial charge in [0, 0.05) is 25.0 Å². The number of imidazole rings is 1. The van der Waals surface area contributed by atoms with E-state index in [1.54, 1.807) is 6.07 Å². The summed E-state index contributed by atoms with van der Waals surface area (Å²) in [6, 6.07) is 13.2. The molecule has 9 heteroatoms. The molecule has 0 saturated carbocycles. The van der Waals surface area contributed by atoms with Crippen LogP contribution in [0.25, 0.3) is 22.1 Å². The number of rotatable bonds is 6. The van der Waals surface area contributed by atoms with Gasteiger partial charge in [-0.05, 0) is 56.8 Å². The standard InChI is InChI=1S/C23H25N7O2/c1-24-10-4-13-30-18-7-3-2-6-16(18)27-23(30)28-21(31)17-9-8-15-14-19-22(32)25-11-5-12-29(19)20(15)26-17/h2-3,6-9,14,24H,4-5,10-13H2,1H3,(H,25,32)(H,27,28,31). The second-order valence-electron chi connectivity index (χ2n) is 7.89. The Balaban J connectivity index is 1.47. The summed E-state index contributed by atoms with van der Waals surface area (Å²) < 4.78 is 3.91.